The van der Waals surface area contributed by atoms with Gasteiger partial charge in [-0.3, -0.25) is 13.4 Å². The largest absolute Gasteiger partial charge is 0.755 e. The summed E-state index contributed by atoms with van der Waals surface area (Å²) in [7, 11) is 1.59. The summed E-state index contributed by atoms with van der Waals surface area (Å²) in [6, 6.07) is 19.4. The summed E-state index contributed by atoms with van der Waals surface area (Å²) in [6.45, 7) is 1.89. The molecule has 0 spiro atoms. The summed E-state index contributed by atoms with van der Waals surface area (Å²) in [4.78, 5) is 14.5. The first kappa shape index (κ1) is 25.8. The van der Waals surface area contributed by atoms with E-state index in [2.05, 4.69) is 4.90 Å². The van der Waals surface area contributed by atoms with Crippen molar-refractivity contribution in [2.75, 3.05) is 24.5 Å². The number of nitrogens with zero attached hydrogens (tertiary/aromatic N) is 2. The van der Waals surface area contributed by atoms with Crippen molar-refractivity contribution in [3.05, 3.63) is 84.2 Å². The molecule has 190 valence electrons. The predicted octanol–water partition coefficient (Wildman–Crippen LogP) is 4.47. The molecule has 1 aliphatic heterocycles. The molecule has 7 nitrogen and oxygen atoms in total. The van der Waals surface area contributed by atoms with Gasteiger partial charge in [-0.1, -0.05) is 36.4 Å². The molecule has 3 aromatic rings. The van der Waals surface area contributed by atoms with Crippen LogP contribution in [0.1, 0.15) is 18.4 Å². The molecule has 3 aromatic carbocycles. The standard InChI is InChI=1S/C27H29FN2O5S/c1-35-25-12-6-21(7-13-25)20-4-10-24(11-5-20)30(36(33)34)26(27(31)32)22-14-16-29(17-15-22)18-19-2-8-23(28)9-3-19/h2-13,22,26H,14-18H2,1H3,(H,31,32)(H,33,34)/p-1. The summed E-state index contributed by atoms with van der Waals surface area (Å²) in [5.41, 5.74) is 3.09. The lowest BCUT2D eigenvalue weighted by Gasteiger charge is -2.40. The normalized spacial score (nSPS) is 16.3. The second-order valence-electron chi connectivity index (χ2n) is 8.84. The maximum Gasteiger partial charge on any atom is 0.327 e. The van der Waals surface area contributed by atoms with Crippen LogP contribution in [0.3, 0.4) is 0 Å². The quantitative estimate of drug-likeness (QED) is 0.426. The van der Waals surface area contributed by atoms with Crippen LogP contribution >= 0.6 is 0 Å². The minimum Gasteiger partial charge on any atom is -0.755 e. The lowest BCUT2D eigenvalue weighted by Crippen LogP contribution is -2.50. The number of benzene rings is 3. The zero-order valence-corrected chi connectivity index (χ0v) is 20.7. The van der Waals surface area contributed by atoms with E-state index >= 15 is 0 Å². The number of halogens is 1. The van der Waals surface area contributed by atoms with E-state index in [9.17, 15) is 23.1 Å². The Morgan fingerprint density at radius 3 is 2.11 bits per heavy atom. The van der Waals surface area contributed by atoms with Crippen molar-refractivity contribution >= 4 is 22.9 Å². The average molecular weight is 512 g/mol. The summed E-state index contributed by atoms with van der Waals surface area (Å²) in [6.07, 6.45) is 1.07. The molecule has 1 fully saturated rings. The Morgan fingerprint density at radius 2 is 1.61 bits per heavy atom. The highest BCUT2D eigenvalue weighted by molar-refractivity contribution is 7.80. The van der Waals surface area contributed by atoms with Crippen LogP contribution in [0.15, 0.2) is 72.8 Å². The fourth-order valence-corrected chi connectivity index (χ4v) is 5.43. The van der Waals surface area contributed by atoms with Gasteiger partial charge >= 0.3 is 5.97 Å². The van der Waals surface area contributed by atoms with Gasteiger partial charge in [0.2, 0.25) is 0 Å². The van der Waals surface area contributed by atoms with Crippen molar-refractivity contribution in [1.82, 2.24) is 4.90 Å². The molecule has 1 N–H and O–H groups in total. The Balaban J connectivity index is 1.47. The maximum absolute atomic E-state index is 13.2. The van der Waals surface area contributed by atoms with Crippen molar-refractivity contribution in [3.8, 4) is 16.9 Å². The first-order valence-corrected chi connectivity index (χ1v) is 12.7. The smallest absolute Gasteiger partial charge is 0.327 e. The number of methoxy groups -OCH3 is 1. The van der Waals surface area contributed by atoms with E-state index in [-0.39, 0.29) is 11.7 Å². The number of piperidine rings is 1. The number of rotatable bonds is 9. The topological polar surface area (TPSA) is 93.1 Å². The third-order valence-electron chi connectivity index (χ3n) is 6.61. The number of carboxylic acid groups (broad SMARTS) is 1. The van der Waals surface area contributed by atoms with E-state index in [0.29, 0.717) is 38.2 Å². The third kappa shape index (κ3) is 6.10. The van der Waals surface area contributed by atoms with Gasteiger partial charge in [0.25, 0.3) is 0 Å². The molecule has 0 radical (unpaired) electrons. The molecule has 0 aromatic heterocycles. The molecule has 0 amide bonds. The number of hydrogen-bond acceptors (Lipinski definition) is 5. The number of likely N-dealkylation sites (tertiary alicyclic amines) is 1. The lowest BCUT2D eigenvalue weighted by atomic mass is 9.88. The number of hydrogen-bond donors (Lipinski definition) is 1. The predicted molar refractivity (Wildman–Crippen MR) is 136 cm³/mol. The van der Waals surface area contributed by atoms with E-state index in [4.69, 9.17) is 4.74 Å². The maximum atomic E-state index is 13.2. The van der Waals surface area contributed by atoms with E-state index < -0.39 is 23.3 Å². The zero-order valence-electron chi connectivity index (χ0n) is 19.9. The summed E-state index contributed by atoms with van der Waals surface area (Å²) in [5.74, 6) is -1.07. The average Bonchev–Trinajstić information content (AvgIpc) is 2.89. The molecule has 36 heavy (non-hydrogen) atoms. The van der Waals surface area contributed by atoms with Crippen molar-refractivity contribution in [3.63, 3.8) is 0 Å². The summed E-state index contributed by atoms with van der Waals surface area (Å²) < 4.78 is 43.8. The van der Waals surface area contributed by atoms with E-state index in [1.807, 2.05) is 24.3 Å². The molecule has 1 saturated heterocycles. The fraction of sp³-hybridized carbons (Fsp3) is 0.296. The van der Waals surface area contributed by atoms with Crippen LogP contribution in [0.2, 0.25) is 0 Å². The molecule has 0 saturated carbocycles. The molecule has 2 unspecified atom stereocenters. The van der Waals surface area contributed by atoms with Gasteiger partial charge < -0.3 is 14.4 Å². The Bertz CT molecular complexity index is 1180. The number of carbonyl (C=O) groups is 1. The molecule has 0 aliphatic carbocycles. The molecule has 1 aliphatic rings. The lowest BCUT2D eigenvalue weighted by molar-refractivity contribution is -0.140. The van der Waals surface area contributed by atoms with Crippen LogP contribution < -0.4 is 9.04 Å². The molecule has 9 heteroatoms. The monoisotopic (exact) mass is 511 g/mol. The van der Waals surface area contributed by atoms with Gasteiger partial charge in [0.05, 0.1) is 7.11 Å². The van der Waals surface area contributed by atoms with Gasteiger partial charge in [0.15, 0.2) is 0 Å². The number of ether oxygens (including phenoxy) is 1. The second kappa shape index (κ2) is 11.6. The number of carboxylic acids is 1. The molecular formula is C27H28FN2O5S-. The Morgan fingerprint density at radius 1 is 1.06 bits per heavy atom. The van der Waals surface area contributed by atoms with Crippen molar-refractivity contribution < 1.29 is 27.8 Å². The highest BCUT2D eigenvalue weighted by atomic mass is 32.2. The van der Waals surface area contributed by atoms with Gasteiger partial charge in [-0.25, -0.2) is 9.18 Å². The van der Waals surface area contributed by atoms with Crippen LogP contribution in [-0.2, 0) is 22.6 Å². The minimum atomic E-state index is -2.77. The summed E-state index contributed by atoms with van der Waals surface area (Å²) >= 11 is -2.77. The van der Waals surface area contributed by atoms with Gasteiger partial charge in [0, 0.05) is 23.5 Å². The summed E-state index contributed by atoms with van der Waals surface area (Å²) in [5, 5.41) is 10.0. The highest BCUT2D eigenvalue weighted by Crippen LogP contribution is 2.31. The number of aliphatic carboxylic acids is 1. The molecule has 1 heterocycles. The highest BCUT2D eigenvalue weighted by Gasteiger charge is 2.37. The van der Waals surface area contributed by atoms with Crippen molar-refractivity contribution in [2.24, 2.45) is 5.92 Å². The first-order chi connectivity index (χ1) is 17.4. The Labute approximate surface area is 212 Å². The van der Waals surface area contributed by atoms with Gasteiger partial charge in [0.1, 0.15) is 17.6 Å². The Kier molecular flexibility index (Phi) is 8.35. The van der Waals surface area contributed by atoms with Crippen LogP contribution in [0.5, 0.6) is 5.75 Å². The molecule has 2 atom stereocenters. The van der Waals surface area contributed by atoms with Crippen LogP contribution in [0, 0.1) is 11.7 Å². The molecule has 4 rings (SSSR count). The number of anilines is 1. The van der Waals surface area contributed by atoms with Gasteiger partial charge in [-0.05, 0) is 84.9 Å². The second-order valence-corrected chi connectivity index (χ2v) is 9.67. The van der Waals surface area contributed by atoms with E-state index in [0.717, 1.165) is 26.7 Å². The van der Waals surface area contributed by atoms with E-state index in [1.165, 1.54) is 12.1 Å². The fourth-order valence-electron chi connectivity index (χ4n) is 4.69. The van der Waals surface area contributed by atoms with Crippen LogP contribution in [0.25, 0.3) is 11.1 Å². The molecule has 0 bridgehead atoms. The van der Waals surface area contributed by atoms with Gasteiger partial charge in [-0.15, -0.1) is 0 Å². The molecular weight excluding hydrogens is 483 g/mol. The van der Waals surface area contributed by atoms with E-state index in [1.54, 1.807) is 43.5 Å². The third-order valence-corrected chi connectivity index (χ3v) is 7.37. The minimum absolute atomic E-state index is 0.288. The SMILES string of the molecule is COc1ccc(-c2ccc(N(C(C(=O)O)C3CCN(Cc4ccc(F)cc4)CC3)S(=O)[O-])cc2)cc1. The zero-order chi connectivity index (χ0) is 25.7. The van der Waals surface area contributed by atoms with Crippen LogP contribution in [-0.4, -0.2) is 51.0 Å². The first-order valence-electron chi connectivity index (χ1n) is 11.7. The van der Waals surface area contributed by atoms with Crippen molar-refractivity contribution in [1.29, 1.82) is 0 Å². The van der Waals surface area contributed by atoms with Gasteiger partial charge in [-0.2, -0.15) is 0 Å². The Hall–Kier alpha value is -3.27. The van der Waals surface area contributed by atoms with Crippen LogP contribution in [0.4, 0.5) is 10.1 Å². The van der Waals surface area contributed by atoms with Crippen molar-refractivity contribution in [2.45, 2.75) is 25.4 Å².